The molecule has 0 aliphatic carbocycles. The molecule has 1 N–H and O–H groups in total. The first-order valence-electron chi connectivity index (χ1n) is 5.38. The summed E-state index contributed by atoms with van der Waals surface area (Å²) in [6.45, 7) is 13.6. The molecule has 1 aromatic heterocycles. The van der Waals surface area contributed by atoms with Gasteiger partial charge in [-0.3, -0.25) is 0 Å². The standard InChI is InChI=1S/C12H15N.C2H6/c1-4-10(3)6-7-12-11(5-2)8-9-13-12;1-2/h4-10,13H,1-2H2,3H3;1-2H3/b7-6-;. The summed E-state index contributed by atoms with van der Waals surface area (Å²) in [5.74, 6) is 0.404. The van der Waals surface area contributed by atoms with Gasteiger partial charge in [-0.05, 0) is 23.6 Å². The van der Waals surface area contributed by atoms with Gasteiger partial charge in [-0.15, -0.1) is 6.58 Å². The maximum atomic E-state index is 3.74. The molecule has 15 heavy (non-hydrogen) atoms. The Balaban J connectivity index is 0.000000921. The van der Waals surface area contributed by atoms with Crippen LogP contribution in [0.15, 0.2) is 37.6 Å². The fraction of sp³-hybridized carbons (Fsp3) is 0.286. The van der Waals surface area contributed by atoms with Crippen molar-refractivity contribution in [1.29, 1.82) is 0 Å². The van der Waals surface area contributed by atoms with Crippen LogP contribution in [0.5, 0.6) is 0 Å². The van der Waals surface area contributed by atoms with Crippen LogP contribution in [0.2, 0.25) is 0 Å². The minimum Gasteiger partial charge on any atom is -0.361 e. The van der Waals surface area contributed by atoms with E-state index in [1.807, 2.05) is 38.3 Å². The Labute approximate surface area is 93.2 Å². The Hall–Kier alpha value is -1.50. The average molecular weight is 203 g/mol. The van der Waals surface area contributed by atoms with Crippen LogP contribution >= 0.6 is 0 Å². The van der Waals surface area contributed by atoms with Crippen molar-refractivity contribution in [2.45, 2.75) is 20.8 Å². The molecule has 0 bridgehead atoms. The van der Waals surface area contributed by atoms with Crippen molar-refractivity contribution in [3.63, 3.8) is 0 Å². The Morgan fingerprint density at radius 1 is 1.33 bits per heavy atom. The topological polar surface area (TPSA) is 15.8 Å². The van der Waals surface area contributed by atoms with Crippen LogP contribution in [-0.2, 0) is 0 Å². The van der Waals surface area contributed by atoms with Crippen molar-refractivity contribution in [3.05, 3.63) is 48.8 Å². The Morgan fingerprint density at radius 3 is 2.53 bits per heavy atom. The highest BCUT2D eigenvalue weighted by Crippen LogP contribution is 2.11. The molecule has 0 amide bonds. The molecule has 0 aromatic carbocycles. The van der Waals surface area contributed by atoms with Crippen molar-refractivity contribution in [2.24, 2.45) is 5.92 Å². The van der Waals surface area contributed by atoms with E-state index in [9.17, 15) is 0 Å². The van der Waals surface area contributed by atoms with Gasteiger partial charge in [0.15, 0.2) is 0 Å². The van der Waals surface area contributed by atoms with Crippen LogP contribution in [0.1, 0.15) is 32.0 Å². The number of nitrogens with one attached hydrogen (secondary N) is 1. The molecule has 1 nitrogen and oxygen atoms in total. The summed E-state index contributed by atoms with van der Waals surface area (Å²) in [6.07, 6.45) is 9.83. The van der Waals surface area contributed by atoms with Crippen LogP contribution < -0.4 is 0 Å². The summed E-state index contributed by atoms with van der Waals surface area (Å²) in [7, 11) is 0. The van der Waals surface area contributed by atoms with Gasteiger partial charge in [0.2, 0.25) is 0 Å². The van der Waals surface area contributed by atoms with E-state index < -0.39 is 0 Å². The maximum absolute atomic E-state index is 3.74. The fourth-order valence-electron chi connectivity index (χ4n) is 1.04. The van der Waals surface area contributed by atoms with Crippen molar-refractivity contribution in [1.82, 2.24) is 4.98 Å². The normalized spacial score (nSPS) is 11.7. The van der Waals surface area contributed by atoms with E-state index in [0.29, 0.717) is 5.92 Å². The average Bonchev–Trinajstić information content (AvgIpc) is 2.75. The minimum atomic E-state index is 0.404. The lowest BCUT2D eigenvalue weighted by Gasteiger charge is -1.96. The summed E-state index contributed by atoms with van der Waals surface area (Å²) < 4.78 is 0. The lowest BCUT2D eigenvalue weighted by atomic mass is 10.1. The van der Waals surface area contributed by atoms with Gasteiger partial charge in [-0.1, -0.05) is 45.6 Å². The second-order valence-electron chi connectivity index (χ2n) is 3.00. The number of allylic oxidation sites excluding steroid dienone is 2. The van der Waals surface area contributed by atoms with Gasteiger partial charge in [-0.25, -0.2) is 0 Å². The fourth-order valence-corrected chi connectivity index (χ4v) is 1.04. The highest BCUT2D eigenvalue weighted by Gasteiger charge is 1.95. The molecule has 1 heteroatoms. The predicted molar refractivity (Wildman–Crippen MR) is 70.6 cm³/mol. The highest BCUT2D eigenvalue weighted by atomic mass is 14.7. The first kappa shape index (κ1) is 13.5. The van der Waals surface area contributed by atoms with Gasteiger partial charge in [0, 0.05) is 11.9 Å². The third kappa shape index (κ3) is 4.50. The van der Waals surface area contributed by atoms with Gasteiger partial charge in [0.25, 0.3) is 0 Å². The van der Waals surface area contributed by atoms with E-state index >= 15 is 0 Å². The molecular weight excluding hydrogens is 182 g/mol. The second kappa shape index (κ2) is 7.86. The number of aromatic nitrogens is 1. The Morgan fingerprint density at radius 2 is 2.00 bits per heavy atom. The van der Waals surface area contributed by atoms with Crippen LogP contribution in [0.4, 0.5) is 0 Å². The largest absolute Gasteiger partial charge is 0.361 e. The van der Waals surface area contributed by atoms with E-state index in [2.05, 4.69) is 37.2 Å². The Kier molecular flexibility index (Phi) is 7.08. The summed E-state index contributed by atoms with van der Waals surface area (Å²) >= 11 is 0. The van der Waals surface area contributed by atoms with E-state index in [-0.39, 0.29) is 0 Å². The summed E-state index contributed by atoms with van der Waals surface area (Å²) in [6, 6.07) is 2.01. The molecule has 0 fully saturated rings. The maximum Gasteiger partial charge on any atom is 0.0450 e. The molecule has 0 aliphatic heterocycles. The zero-order chi connectivity index (χ0) is 11.7. The highest BCUT2D eigenvalue weighted by molar-refractivity contribution is 5.61. The van der Waals surface area contributed by atoms with Gasteiger partial charge in [0.1, 0.15) is 0 Å². The first-order chi connectivity index (χ1) is 7.27. The molecular formula is C14H21N. The molecule has 82 valence electrons. The summed E-state index contributed by atoms with van der Waals surface area (Å²) in [5, 5.41) is 0. The van der Waals surface area contributed by atoms with Crippen LogP contribution in [0, 0.1) is 5.92 Å². The quantitative estimate of drug-likeness (QED) is 0.692. The SMILES string of the molecule is C=Cc1cc[nH]c1/C=C\C(C)C=C.CC. The Bertz CT molecular complexity index is 318. The number of hydrogen-bond acceptors (Lipinski definition) is 0. The molecule has 1 unspecified atom stereocenters. The molecule has 0 spiro atoms. The summed E-state index contributed by atoms with van der Waals surface area (Å²) in [5.41, 5.74) is 2.23. The zero-order valence-electron chi connectivity index (χ0n) is 9.96. The molecule has 1 rings (SSSR count). The lowest BCUT2D eigenvalue weighted by Crippen LogP contribution is -1.81. The first-order valence-corrected chi connectivity index (χ1v) is 5.38. The molecule has 1 aromatic rings. The van der Waals surface area contributed by atoms with E-state index in [4.69, 9.17) is 0 Å². The zero-order valence-corrected chi connectivity index (χ0v) is 9.96. The smallest absolute Gasteiger partial charge is 0.0450 e. The molecule has 0 saturated carbocycles. The van der Waals surface area contributed by atoms with Crippen molar-refractivity contribution >= 4 is 12.2 Å². The summed E-state index contributed by atoms with van der Waals surface area (Å²) in [4.78, 5) is 3.14. The van der Waals surface area contributed by atoms with Crippen LogP contribution in [0.25, 0.3) is 12.2 Å². The molecule has 1 heterocycles. The number of aromatic amines is 1. The molecule has 0 radical (unpaired) electrons. The number of rotatable bonds is 4. The van der Waals surface area contributed by atoms with E-state index in [1.54, 1.807) is 0 Å². The monoisotopic (exact) mass is 203 g/mol. The van der Waals surface area contributed by atoms with Crippen LogP contribution in [0.3, 0.4) is 0 Å². The number of hydrogen-bond donors (Lipinski definition) is 1. The molecule has 0 aliphatic rings. The lowest BCUT2D eigenvalue weighted by molar-refractivity contribution is 0.949. The van der Waals surface area contributed by atoms with E-state index in [1.165, 1.54) is 0 Å². The predicted octanol–water partition coefficient (Wildman–Crippen LogP) is 4.52. The van der Waals surface area contributed by atoms with Gasteiger partial charge in [0.05, 0.1) is 0 Å². The molecule has 1 atom stereocenters. The minimum absolute atomic E-state index is 0.404. The number of H-pyrrole nitrogens is 1. The van der Waals surface area contributed by atoms with Crippen molar-refractivity contribution in [2.75, 3.05) is 0 Å². The van der Waals surface area contributed by atoms with E-state index in [0.717, 1.165) is 11.3 Å². The third-order valence-electron chi connectivity index (χ3n) is 1.97. The van der Waals surface area contributed by atoms with Gasteiger partial charge < -0.3 is 4.98 Å². The van der Waals surface area contributed by atoms with Crippen molar-refractivity contribution in [3.8, 4) is 0 Å². The molecule has 0 saturated heterocycles. The second-order valence-corrected chi connectivity index (χ2v) is 3.00. The van der Waals surface area contributed by atoms with Gasteiger partial charge >= 0.3 is 0 Å². The van der Waals surface area contributed by atoms with Crippen LogP contribution in [-0.4, -0.2) is 4.98 Å². The van der Waals surface area contributed by atoms with Crippen molar-refractivity contribution < 1.29 is 0 Å². The van der Waals surface area contributed by atoms with Gasteiger partial charge in [-0.2, -0.15) is 0 Å². The third-order valence-corrected chi connectivity index (χ3v) is 1.97.